The van der Waals surface area contributed by atoms with Crippen molar-refractivity contribution in [3.05, 3.63) is 83.7 Å². The Morgan fingerprint density at radius 1 is 1.00 bits per heavy atom. The van der Waals surface area contributed by atoms with Crippen LogP contribution in [-0.4, -0.2) is 28.8 Å². The van der Waals surface area contributed by atoms with Crippen molar-refractivity contribution < 1.29 is 14.6 Å². The third kappa shape index (κ3) is 4.23. The molecule has 0 radical (unpaired) electrons. The van der Waals surface area contributed by atoms with Gasteiger partial charge in [0, 0.05) is 23.3 Å². The summed E-state index contributed by atoms with van der Waals surface area (Å²) in [5.74, 6) is 2.14. The van der Waals surface area contributed by atoms with E-state index in [2.05, 4.69) is 15.3 Å². The minimum absolute atomic E-state index is 0.136. The van der Waals surface area contributed by atoms with Gasteiger partial charge in [-0.1, -0.05) is 24.3 Å². The van der Waals surface area contributed by atoms with Gasteiger partial charge < -0.3 is 19.9 Å². The van der Waals surface area contributed by atoms with Crippen molar-refractivity contribution in [2.75, 3.05) is 19.0 Å². The molecule has 31 heavy (non-hydrogen) atoms. The smallest absolute Gasteiger partial charge is 0.161 e. The monoisotopic (exact) mass is 415 g/mol. The van der Waals surface area contributed by atoms with Gasteiger partial charge in [-0.25, -0.2) is 4.98 Å². The number of phenols is 1. The first kappa shape index (κ1) is 20.5. The molecule has 0 amide bonds. The molecular formula is C25H25N3O3. The van der Waals surface area contributed by atoms with Crippen molar-refractivity contribution in [1.29, 1.82) is 0 Å². The van der Waals surface area contributed by atoms with E-state index in [1.807, 2.05) is 68.4 Å². The molecule has 158 valence electrons. The van der Waals surface area contributed by atoms with Crippen LogP contribution in [0.3, 0.4) is 0 Å². The Balaban J connectivity index is 1.86. The van der Waals surface area contributed by atoms with Gasteiger partial charge in [-0.15, -0.1) is 0 Å². The van der Waals surface area contributed by atoms with Gasteiger partial charge >= 0.3 is 0 Å². The highest BCUT2D eigenvalue weighted by Gasteiger charge is 2.22. The van der Waals surface area contributed by atoms with Crippen LogP contribution < -0.4 is 14.8 Å². The number of hydrogen-bond donors (Lipinski definition) is 2. The highest BCUT2D eigenvalue weighted by Crippen LogP contribution is 2.39. The zero-order valence-electron chi connectivity index (χ0n) is 17.8. The van der Waals surface area contributed by atoms with Crippen LogP contribution in [0.5, 0.6) is 17.2 Å². The number of benzene rings is 2. The van der Waals surface area contributed by atoms with Gasteiger partial charge in [-0.2, -0.15) is 0 Å². The van der Waals surface area contributed by atoms with Crippen LogP contribution in [0.1, 0.15) is 29.7 Å². The molecular weight excluding hydrogens is 390 g/mol. The molecule has 2 aromatic carbocycles. The molecule has 0 aliphatic carbocycles. The maximum absolute atomic E-state index is 11.1. The SMILES string of the molecule is CCOc1cc([C@@H](Nc2cc(C)ccn2)c2ccc3cccnc3c2O)ccc1OC. The summed E-state index contributed by atoms with van der Waals surface area (Å²) in [4.78, 5) is 8.83. The van der Waals surface area contributed by atoms with Crippen LogP contribution in [0.25, 0.3) is 10.9 Å². The summed E-state index contributed by atoms with van der Waals surface area (Å²) in [6.45, 7) is 4.46. The lowest BCUT2D eigenvalue weighted by atomic mass is 9.95. The van der Waals surface area contributed by atoms with Crippen molar-refractivity contribution in [3.63, 3.8) is 0 Å². The molecule has 6 heteroatoms. The number of rotatable bonds is 7. The Bertz CT molecular complexity index is 1210. The third-order valence-corrected chi connectivity index (χ3v) is 5.12. The number of aryl methyl sites for hydroxylation is 1. The molecule has 4 aromatic rings. The minimum atomic E-state index is -0.384. The Morgan fingerprint density at radius 2 is 1.87 bits per heavy atom. The van der Waals surface area contributed by atoms with E-state index in [0.29, 0.717) is 35.0 Å². The second-order valence-electron chi connectivity index (χ2n) is 7.22. The molecule has 0 fully saturated rings. The van der Waals surface area contributed by atoms with Crippen LogP contribution in [0, 0.1) is 6.92 Å². The zero-order chi connectivity index (χ0) is 21.8. The quantitative estimate of drug-likeness (QED) is 0.429. The number of aromatic hydroxyl groups is 1. The topological polar surface area (TPSA) is 76.5 Å². The molecule has 1 atom stereocenters. The first-order valence-corrected chi connectivity index (χ1v) is 10.2. The summed E-state index contributed by atoms with van der Waals surface area (Å²) in [5.41, 5.74) is 3.24. The predicted molar refractivity (Wildman–Crippen MR) is 122 cm³/mol. The van der Waals surface area contributed by atoms with Crippen LogP contribution in [0.15, 0.2) is 67.0 Å². The third-order valence-electron chi connectivity index (χ3n) is 5.12. The lowest BCUT2D eigenvalue weighted by Gasteiger charge is -2.23. The molecule has 0 aliphatic rings. The Kier molecular flexibility index (Phi) is 5.89. The average molecular weight is 415 g/mol. The summed E-state index contributed by atoms with van der Waals surface area (Å²) in [7, 11) is 1.62. The molecule has 0 unspecified atom stereocenters. The van der Waals surface area contributed by atoms with Crippen LogP contribution in [-0.2, 0) is 0 Å². The summed E-state index contributed by atoms with van der Waals surface area (Å²) >= 11 is 0. The minimum Gasteiger partial charge on any atom is -0.505 e. The van der Waals surface area contributed by atoms with Crippen LogP contribution in [0.2, 0.25) is 0 Å². The van der Waals surface area contributed by atoms with E-state index < -0.39 is 0 Å². The van der Waals surface area contributed by atoms with Gasteiger partial charge in [0.15, 0.2) is 11.5 Å². The molecule has 0 bridgehead atoms. The number of phenolic OH excluding ortho intramolecular Hbond substituents is 1. The molecule has 0 saturated heterocycles. The van der Waals surface area contributed by atoms with E-state index >= 15 is 0 Å². The fourth-order valence-corrected chi connectivity index (χ4v) is 3.62. The largest absolute Gasteiger partial charge is 0.505 e. The zero-order valence-corrected chi connectivity index (χ0v) is 17.8. The summed E-state index contributed by atoms with van der Waals surface area (Å²) < 4.78 is 11.2. The molecule has 2 heterocycles. The van der Waals surface area contributed by atoms with Gasteiger partial charge in [0.25, 0.3) is 0 Å². The van der Waals surface area contributed by atoms with Gasteiger partial charge in [0.05, 0.1) is 19.8 Å². The van der Waals surface area contributed by atoms with E-state index in [9.17, 15) is 5.11 Å². The van der Waals surface area contributed by atoms with Gasteiger partial charge in [0.1, 0.15) is 17.1 Å². The number of pyridine rings is 2. The summed E-state index contributed by atoms with van der Waals surface area (Å²) in [6.07, 6.45) is 3.44. The number of anilines is 1. The van der Waals surface area contributed by atoms with Gasteiger partial charge in [0.2, 0.25) is 0 Å². The van der Waals surface area contributed by atoms with Gasteiger partial charge in [-0.05, 0) is 55.3 Å². The molecule has 0 aliphatic heterocycles. The van der Waals surface area contributed by atoms with E-state index in [1.165, 1.54) is 0 Å². The summed E-state index contributed by atoms with van der Waals surface area (Å²) in [5, 5.41) is 15.5. The Morgan fingerprint density at radius 3 is 2.65 bits per heavy atom. The van der Waals surface area contributed by atoms with E-state index in [1.54, 1.807) is 19.5 Å². The van der Waals surface area contributed by atoms with Crippen molar-refractivity contribution >= 4 is 16.7 Å². The first-order valence-electron chi connectivity index (χ1n) is 10.2. The molecule has 6 nitrogen and oxygen atoms in total. The van der Waals surface area contributed by atoms with Crippen molar-refractivity contribution in [2.45, 2.75) is 19.9 Å². The maximum Gasteiger partial charge on any atom is 0.161 e. The molecule has 2 N–H and O–H groups in total. The van der Waals surface area contributed by atoms with E-state index in [4.69, 9.17) is 9.47 Å². The number of methoxy groups -OCH3 is 1. The summed E-state index contributed by atoms with van der Waals surface area (Å²) in [6, 6.07) is 16.9. The van der Waals surface area contributed by atoms with Gasteiger partial charge in [-0.3, -0.25) is 4.98 Å². The Hall–Kier alpha value is -3.80. The van der Waals surface area contributed by atoms with E-state index in [-0.39, 0.29) is 11.8 Å². The lowest BCUT2D eigenvalue weighted by Crippen LogP contribution is -2.14. The van der Waals surface area contributed by atoms with Crippen molar-refractivity contribution in [3.8, 4) is 17.2 Å². The number of aromatic nitrogens is 2. The molecule has 0 saturated carbocycles. The van der Waals surface area contributed by atoms with Crippen LogP contribution >= 0.6 is 0 Å². The van der Waals surface area contributed by atoms with E-state index in [0.717, 1.165) is 16.5 Å². The fraction of sp³-hybridized carbons (Fsp3) is 0.200. The Labute approximate surface area is 181 Å². The second kappa shape index (κ2) is 8.92. The second-order valence-corrected chi connectivity index (χ2v) is 7.22. The van der Waals surface area contributed by atoms with Crippen molar-refractivity contribution in [1.82, 2.24) is 9.97 Å². The fourth-order valence-electron chi connectivity index (χ4n) is 3.62. The maximum atomic E-state index is 11.1. The first-order chi connectivity index (χ1) is 15.1. The molecule has 2 aromatic heterocycles. The lowest BCUT2D eigenvalue weighted by molar-refractivity contribution is 0.310. The number of ether oxygens (including phenoxy) is 2. The predicted octanol–water partition coefficient (Wildman–Crippen LogP) is 5.25. The normalized spacial score (nSPS) is 11.8. The molecule has 0 spiro atoms. The average Bonchev–Trinajstić information content (AvgIpc) is 2.78. The highest BCUT2D eigenvalue weighted by atomic mass is 16.5. The number of hydrogen-bond acceptors (Lipinski definition) is 6. The molecule has 4 rings (SSSR count). The number of nitrogens with one attached hydrogen (secondary N) is 1. The number of fused-ring (bicyclic) bond motifs is 1. The number of nitrogens with zero attached hydrogens (tertiary/aromatic N) is 2. The van der Waals surface area contributed by atoms with Crippen LogP contribution in [0.4, 0.5) is 5.82 Å². The highest BCUT2D eigenvalue weighted by molar-refractivity contribution is 5.86. The standard InChI is InChI=1S/C25H25N3O3/c1-4-31-21-15-18(8-10-20(21)30-3)23(28-22-14-16(2)11-13-26-22)19-9-7-17-6-5-12-27-24(17)25(19)29/h5-15,23,29H,4H2,1-3H3,(H,26,28)/t23-/m1/s1. The van der Waals surface area contributed by atoms with Crippen molar-refractivity contribution in [2.24, 2.45) is 0 Å².